The fourth-order valence-corrected chi connectivity index (χ4v) is 9.08. The summed E-state index contributed by atoms with van der Waals surface area (Å²) in [7, 11) is 0. The van der Waals surface area contributed by atoms with Crippen LogP contribution in [0.3, 0.4) is 0 Å². The summed E-state index contributed by atoms with van der Waals surface area (Å²) in [5.41, 5.74) is 5.74. The Kier molecular flexibility index (Phi) is 36.2. The van der Waals surface area contributed by atoms with Gasteiger partial charge in [-0.15, -0.1) is 0 Å². The van der Waals surface area contributed by atoms with Crippen LogP contribution in [-0.2, 0) is 6.42 Å². The average Bonchev–Trinajstić information content (AvgIpc) is 3.26. The lowest BCUT2D eigenvalue weighted by Crippen LogP contribution is -2.25. The molecule has 2 heteroatoms. The molecule has 2 rings (SSSR count). The number of anilines is 2. The molecule has 2 aromatic carbocycles. The van der Waals surface area contributed by atoms with E-state index in [-0.39, 0.29) is 0 Å². The van der Waals surface area contributed by atoms with Crippen molar-refractivity contribution in [2.45, 2.75) is 265 Å². The van der Waals surface area contributed by atoms with Crippen LogP contribution in [0.4, 0.5) is 11.4 Å². The maximum atomic E-state index is 2.71. The predicted octanol–water partition coefficient (Wildman–Crippen LogP) is 19.0. The van der Waals surface area contributed by atoms with Gasteiger partial charge in [0.2, 0.25) is 0 Å². The zero-order chi connectivity index (χ0) is 42.1. The Balaban J connectivity index is 1.85. The van der Waals surface area contributed by atoms with E-state index in [0.717, 1.165) is 6.42 Å². The third kappa shape index (κ3) is 29.9. The van der Waals surface area contributed by atoms with E-state index in [0.29, 0.717) is 0 Å². The van der Waals surface area contributed by atoms with Crippen LogP contribution >= 0.6 is 0 Å². The van der Waals surface area contributed by atoms with E-state index < -0.39 is 0 Å². The Bertz CT molecular complexity index is 1030. The molecule has 0 heterocycles. The molecule has 2 nitrogen and oxygen atoms in total. The summed E-state index contributed by atoms with van der Waals surface area (Å²) in [6.07, 6.45) is 51.5. The van der Waals surface area contributed by atoms with Gasteiger partial charge in [0.25, 0.3) is 0 Å². The average molecular weight is 815 g/mol. The van der Waals surface area contributed by atoms with Crippen molar-refractivity contribution >= 4 is 11.4 Å². The number of hydrogen-bond acceptors (Lipinski definition) is 2. The fourth-order valence-electron chi connectivity index (χ4n) is 9.08. The molecular weight excluding hydrogens is 713 g/mol. The van der Waals surface area contributed by atoms with Gasteiger partial charge in [0.05, 0.1) is 0 Å². The quantitative estimate of drug-likeness (QED) is 0.0615. The van der Waals surface area contributed by atoms with E-state index >= 15 is 0 Å². The Labute approximate surface area is 370 Å². The molecule has 0 aromatic heterocycles. The van der Waals surface area contributed by atoms with E-state index in [1.807, 2.05) is 0 Å². The standard InChI is InChI=1S/C57H102N2/c1-5-9-13-17-21-23-25-27-29-31-35-39-51-58(49-37-33-19-15-11-7-3)56-45-41-54(42-46-56)53-55-43-47-57(48-44-55)59(50-38-34-20-16-12-8-4)52-40-36-32-30-28-26-24-22-18-14-10-6-2/h41-48H,5-40,49-53H2,1-4H3. The topological polar surface area (TPSA) is 6.48 Å². The number of nitrogens with zero attached hydrogens (tertiary/aromatic N) is 2. The van der Waals surface area contributed by atoms with Gasteiger partial charge in [-0.2, -0.15) is 0 Å². The van der Waals surface area contributed by atoms with Crippen molar-refractivity contribution in [1.82, 2.24) is 0 Å². The third-order valence-electron chi connectivity index (χ3n) is 13.1. The molecule has 0 aliphatic rings. The highest BCUT2D eigenvalue weighted by Crippen LogP contribution is 2.23. The number of benzene rings is 2. The van der Waals surface area contributed by atoms with Crippen LogP contribution < -0.4 is 9.80 Å². The molecule has 0 saturated carbocycles. The SMILES string of the molecule is CCCCCCCCCCCCCCN(CCCCCCCC)c1ccc(Cc2ccc(N(CCCCCCCC)CCCCCCCCCCCCCC)cc2)cc1. The maximum Gasteiger partial charge on any atom is 0.0366 e. The molecule has 0 unspecified atom stereocenters. The molecular formula is C57H102N2. The van der Waals surface area contributed by atoms with Crippen molar-refractivity contribution in [3.05, 3.63) is 59.7 Å². The van der Waals surface area contributed by atoms with Crippen molar-refractivity contribution in [1.29, 1.82) is 0 Å². The first-order chi connectivity index (χ1) is 29.2. The number of rotatable bonds is 44. The first-order valence-electron chi connectivity index (χ1n) is 26.9. The smallest absolute Gasteiger partial charge is 0.0366 e. The van der Waals surface area contributed by atoms with Crippen LogP contribution in [0.2, 0.25) is 0 Å². The summed E-state index contributed by atoms with van der Waals surface area (Å²) in [5, 5.41) is 0. The summed E-state index contributed by atoms with van der Waals surface area (Å²) in [4.78, 5) is 5.42. The molecule has 340 valence electrons. The monoisotopic (exact) mass is 815 g/mol. The summed E-state index contributed by atoms with van der Waals surface area (Å²) >= 11 is 0. The normalized spacial score (nSPS) is 11.5. The first kappa shape index (κ1) is 53.2. The molecule has 2 aromatic rings. The van der Waals surface area contributed by atoms with Gasteiger partial charge >= 0.3 is 0 Å². The zero-order valence-corrected chi connectivity index (χ0v) is 40.5. The third-order valence-corrected chi connectivity index (χ3v) is 13.1. The van der Waals surface area contributed by atoms with Crippen molar-refractivity contribution in [3.8, 4) is 0 Å². The van der Waals surface area contributed by atoms with Crippen LogP contribution in [0.25, 0.3) is 0 Å². The lowest BCUT2D eigenvalue weighted by Gasteiger charge is -2.26. The van der Waals surface area contributed by atoms with E-state index in [4.69, 9.17) is 0 Å². The molecule has 0 bridgehead atoms. The van der Waals surface area contributed by atoms with Gasteiger partial charge in [-0.3, -0.25) is 0 Å². The van der Waals surface area contributed by atoms with Crippen molar-refractivity contribution in [3.63, 3.8) is 0 Å². The Morgan fingerprint density at radius 2 is 0.424 bits per heavy atom. The van der Waals surface area contributed by atoms with Gasteiger partial charge in [-0.1, -0.05) is 257 Å². The number of unbranched alkanes of at least 4 members (excludes halogenated alkanes) is 32. The summed E-state index contributed by atoms with van der Waals surface area (Å²) in [6.45, 7) is 14.1. The molecule has 0 saturated heterocycles. The van der Waals surface area contributed by atoms with E-state index in [1.165, 1.54) is 280 Å². The van der Waals surface area contributed by atoms with Gasteiger partial charge in [0, 0.05) is 37.6 Å². The van der Waals surface area contributed by atoms with Crippen LogP contribution in [0.1, 0.15) is 270 Å². The molecule has 0 N–H and O–H groups in total. The van der Waals surface area contributed by atoms with Crippen LogP contribution in [0.15, 0.2) is 48.5 Å². The predicted molar refractivity (Wildman–Crippen MR) is 269 cm³/mol. The molecule has 0 radical (unpaired) electrons. The molecule has 0 fully saturated rings. The van der Waals surface area contributed by atoms with Gasteiger partial charge in [0.1, 0.15) is 0 Å². The van der Waals surface area contributed by atoms with Crippen molar-refractivity contribution < 1.29 is 0 Å². The molecule has 0 aliphatic carbocycles. The highest BCUT2D eigenvalue weighted by atomic mass is 15.1. The van der Waals surface area contributed by atoms with E-state index in [1.54, 1.807) is 0 Å². The van der Waals surface area contributed by atoms with Gasteiger partial charge in [-0.25, -0.2) is 0 Å². The van der Waals surface area contributed by atoms with Crippen LogP contribution in [0.5, 0.6) is 0 Å². The van der Waals surface area contributed by atoms with Crippen molar-refractivity contribution in [2.75, 3.05) is 36.0 Å². The maximum absolute atomic E-state index is 2.71. The second kappa shape index (κ2) is 40.1. The molecule has 59 heavy (non-hydrogen) atoms. The van der Waals surface area contributed by atoms with Crippen LogP contribution in [-0.4, -0.2) is 26.2 Å². The Hall–Kier alpha value is -1.96. The lowest BCUT2D eigenvalue weighted by atomic mass is 10.0. The highest BCUT2D eigenvalue weighted by Gasteiger charge is 2.10. The summed E-state index contributed by atoms with van der Waals surface area (Å²) < 4.78 is 0. The summed E-state index contributed by atoms with van der Waals surface area (Å²) in [5.74, 6) is 0. The fraction of sp³-hybridized carbons (Fsp3) is 0.789. The van der Waals surface area contributed by atoms with Crippen LogP contribution in [0, 0.1) is 0 Å². The Morgan fingerprint density at radius 3 is 0.627 bits per heavy atom. The van der Waals surface area contributed by atoms with Gasteiger partial charge < -0.3 is 9.80 Å². The lowest BCUT2D eigenvalue weighted by molar-refractivity contribution is 0.540. The number of hydrogen-bond donors (Lipinski definition) is 0. The van der Waals surface area contributed by atoms with E-state index in [9.17, 15) is 0 Å². The van der Waals surface area contributed by atoms with Crippen molar-refractivity contribution in [2.24, 2.45) is 0 Å². The zero-order valence-electron chi connectivity index (χ0n) is 40.5. The second-order valence-corrected chi connectivity index (χ2v) is 18.8. The van der Waals surface area contributed by atoms with Gasteiger partial charge in [-0.05, 0) is 67.5 Å². The van der Waals surface area contributed by atoms with Gasteiger partial charge in [0.15, 0.2) is 0 Å². The second-order valence-electron chi connectivity index (χ2n) is 18.8. The molecule has 0 atom stereocenters. The summed E-state index contributed by atoms with van der Waals surface area (Å²) in [6, 6.07) is 19.4. The first-order valence-corrected chi connectivity index (χ1v) is 26.9. The van der Waals surface area contributed by atoms with E-state index in [2.05, 4.69) is 86.0 Å². The largest absolute Gasteiger partial charge is 0.372 e. The molecule has 0 amide bonds. The Morgan fingerprint density at radius 1 is 0.237 bits per heavy atom. The minimum atomic E-state index is 1.02. The highest BCUT2D eigenvalue weighted by molar-refractivity contribution is 5.50. The molecule has 0 aliphatic heterocycles. The minimum absolute atomic E-state index is 1.02. The minimum Gasteiger partial charge on any atom is -0.372 e. The molecule has 0 spiro atoms.